The van der Waals surface area contributed by atoms with Crippen LogP contribution in [0.25, 0.3) is 0 Å². The van der Waals surface area contributed by atoms with Crippen LogP contribution in [-0.2, 0) is 0 Å². The molecule has 1 aromatic rings. The minimum Gasteiger partial charge on any atom is -0.159 e. The largest absolute Gasteiger partial charge is 0.159 e. The Kier molecular flexibility index (Phi) is 3.02. The standard InChI is InChI=1S/C6H8N2S2/c1-10-6(9)5-3-2-4-7-8-5/h2-4,6,9H,1H3. The minimum absolute atomic E-state index is 0.147. The maximum absolute atomic E-state index is 4.28. The van der Waals surface area contributed by atoms with Crippen molar-refractivity contribution in [1.82, 2.24) is 10.2 Å². The molecule has 1 aromatic heterocycles. The topological polar surface area (TPSA) is 25.8 Å². The first-order chi connectivity index (χ1) is 4.84. The summed E-state index contributed by atoms with van der Waals surface area (Å²) in [5.74, 6) is 0. The third-order valence-corrected chi connectivity index (χ3v) is 2.65. The summed E-state index contributed by atoms with van der Waals surface area (Å²) in [5.41, 5.74) is 0.915. The van der Waals surface area contributed by atoms with Crippen LogP contribution in [0.3, 0.4) is 0 Å². The van der Waals surface area contributed by atoms with E-state index in [1.165, 1.54) is 0 Å². The van der Waals surface area contributed by atoms with Gasteiger partial charge >= 0.3 is 0 Å². The van der Waals surface area contributed by atoms with Crippen LogP contribution >= 0.6 is 24.4 Å². The Morgan fingerprint density at radius 1 is 1.70 bits per heavy atom. The van der Waals surface area contributed by atoms with Crippen LogP contribution in [0.1, 0.15) is 10.3 Å². The van der Waals surface area contributed by atoms with Gasteiger partial charge in [-0.2, -0.15) is 22.8 Å². The molecule has 0 aromatic carbocycles. The smallest absolute Gasteiger partial charge is 0.0909 e. The Hall–Kier alpha value is -0.220. The molecule has 54 valence electrons. The Labute approximate surface area is 69.8 Å². The van der Waals surface area contributed by atoms with Crippen molar-refractivity contribution in [2.75, 3.05) is 6.26 Å². The maximum atomic E-state index is 4.28. The average molecular weight is 172 g/mol. The van der Waals surface area contributed by atoms with Crippen LogP contribution in [0.15, 0.2) is 18.3 Å². The van der Waals surface area contributed by atoms with Gasteiger partial charge in [0, 0.05) is 6.20 Å². The van der Waals surface area contributed by atoms with Crippen LogP contribution in [0.2, 0.25) is 0 Å². The van der Waals surface area contributed by atoms with Gasteiger partial charge in [0.05, 0.1) is 10.3 Å². The van der Waals surface area contributed by atoms with Crippen LogP contribution in [0.4, 0.5) is 0 Å². The van der Waals surface area contributed by atoms with Gasteiger partial charge < -0.3 is 0 Å². The summed E-state index contributed by atoms with van der Waals surface area (Å²) < 4.78 is 0.147. The first-order valence-corrected chi connectivity index (χ1v) is 4.63. The Balaban J connectivity index is 2.75. The number of nitrogens with zero attached hydrogens (tertiary/aromatic N) is 2. The molecule has 1 unspecified atom stereocenters. The van der Waals surface area contributed by atoms with Crippen molar-refractivity contribution < 1.29 is 0 Å². The molecule has 1 atom stereocenters. The van der Waals surface area contributed by atoms with Crippen molar-refractivity contribution in [3.8, 4) is 0 Å². The molecule has 0 aliphatic heterocycles. The molecule has 0 aliphatic carbocycles. The van der Waals surface area contributed by atoms with Gasteiger partial charge in [0.2, 0.25) is 0 Å². The zero-order valence-corrected chi connectivity index (χ0v) is 7.27. The van der Waals surface area contributed by atoms with Crippen LogP contribution in [0, 0.1) is 0 Å². The lowest BCUT2D eigenvalue weighted by molar-refractivity contribution is 0.968. The Bertz CT molecular complexity index is 190. The molecule has 4 heteroatoms. The summed E-state index contributed by atoms with van der Waals surface area (Å²) >= 11 is 5.92. The molecule has 0 radical (unpaired) electrons. The van der Waals surface area contributed by atoms with Gasteiger partial charge in [-0.15, -0.1) is 11.8 Å². The molecule has 10 heavy (non-hydrogen) atoms. The van der Waals surface area contributed by atoms with Crippen LogP contribution < -0.4 is 0 Å². The van der Waals surface area contributed by atoms with Gasteiger partial charge in [-0.25, -0.2) is 0 Å². The molecular weight excluding hydrogens is 164 g/mol. The normalized spacial score (nSPS) is 13.0. The molecule has 0 N–H and O–H groups in total. The van der Waals surface area contributed by atoms with Crippen LogP contribution in [-0.4, -0.2) is 16.5 Å². The predicted octanol–water partition coefficient (Wildman–Crippen LogP) is 1.77. The van der Waals surface area contributed by atoms with E-state index in [4.69, 9.17) is 0 Å². The summed E-state index contributed by atoms with van der Waals surface area (Å²) in [6, 6.07) is 3.78. The van der Waals surface area contributed by atoms with Crippen molar-refractivity contribution in [3.05, 3.63) is 24.0 Å². The fraction of sp³-hybridized carbons (Fsp3) is 0.333. The van der Waals surface area contributed by atoms with E-state index in [0.717, 1.165) is 5.69 Å². The lowest BCUT2D eigenvalue weighted by atomic mass is 10.4. The molecule has 1 rings (SSSR count). The number of hydrogen-bond donors (Lipinski definition) is 1. The number of aromatic nitrogens is 2. The summed E-state index contributed by atoms with van der Waals surface area (Å²) in [6.07, 6.45) is 3.65. The quantitative estimate of drug-likeness (QED) is 0.544. The highest BCUT2D eigenvalue weighted by Gasteiger charge is 2.03. The van der Waals surface area contributed by atoms with Crippen molar-refractivity contribution in [2.45, 2.75) is 4.58 Å². The van der Waals surface area contributed by atoms with E-state index in [1.807, 2.05) is 18.4 Å². The number of thiol groups is 1. The van der Waals surface area contributed by atoms with Crippen molar-refractivity contribution in [3.63, 3.8) is 0 Å². The van der Waals surface area contributed by atoms with Crippen LogP contribution in [0.5, 0.6) is 0 Å². The summed E-state index contributed by atoms with van der Waals surface area (Å²) in [6.45, 7) is 0. The molecule has 0 saturated heterocycles. The SMILES string of the molecule is CSC(S)c1cccnn1. The highest BCUT2D eigenvalue weighted by atomic mass is 32.2. The van der Waals surface area contributed by atoms with Gasteiger partial charge in [-0.05, 0) is 18.4 Å². The lowest BCUT2D eigenvalue weighted by Gasteiger charge is -2.02. The molecule has 0 amide bonds. The van der Waals surface area contributed by atoms with E-state index < -0.39 is 0 Å². The molecular formula is C6H8N2S2. The number of rotatable bonds is 2. The lowest BCUT2D eigenvalue weighted by Crippen LogP contribution is -1.90. The first kappa shape index (κ1) is 7.88. The van der Waals surface area contributed by atoms with Crippen molar-refractivity contribution in [1.29, 1.82) is 0 Å². The second kappa shape index (κ2) is 3.83. The monoisotopic (exact) mass is 172 g/mol. The second-order valence-corrected chi connectivity index (χ2v) is 3.55. The van der Waals surface area contributed by atoms with Gasteiger partial charge in [0.15, 0.2) is 0 Å². The first-order valence-electron chi connectivity index (χ1n) is 2.83. The van der Waals surface area contributed by atoms with Gasteiger partial charge in [0.1, 0.15) is 0 Å². The second-order valence-electron chi connectivity index (χ2n) is 1.74. The maximum Gasteiger partial charge on any atom is 0.0909 e. The fourth-order valence-electron chi connectivity index (χ4n) is 0.566. The summed E-state index contributed by atoms with van der Waals surface area (Å²) in [5, 5.41) is 7.64. The zero-order valence-electron chi connectivity index (χ0n) is 5.56. The fourth-order valence-corrected chi connectivity index (χ4v) is 1.07. The third kappa shape index (κ3) is 1.88. The van der Waals surface area contributed by atoms with Gasteiger partial charge in [-0.1, -0.05) is 0 Å². The van der Waals surface area contributed by atoms with Gasteiger partial charge in [-0.3, -0.25) is 0 Å². The number of hydrogen-bond acceptors (Lipinski definition) is 4. The van der Waals surface area contributed by atoms with E-state index in [2.05, 4.69) is 22.8 Å². The highest BCUT2D eigenvalue weighted by Crippen LogP contribution is 2.27. The number of thioether (sulfide) groups is 1. The van der Waals surface area contributed by atoms with E-state index in [1.54, 1.807) is 18.0 Å². The molecule has 0 bridgehead atoms. The van der Waals surface area contributed by atoms with E-state index in [0.29, 0.717) is 0 Å². The predicted molar refractivity (Wildman–Crippen MR) is 47.3 cm³/mol. The molecule has 0 fully saturated rings. The molecule has 1 heterocycles. The third-order valence-electron chi connectivity index (χ3n) is 1.07. The van der Waals surface area contributed by atoms with E-state index in [-0.39, 0.29) is 4.58 Å². The van der Waals surface area contributed by atoms with E-state index in [9.17, 15) is 0 Å². The minimum atomic E-state index is 0.147. The molecule has 0 saturated carbocycles. The summed E-state index contributed by atoms with van der Waals surface area (Å²) in [7, 11) is 0. The van der Waals surface area contributed by atoms with E-state index >= 15 is 0 Å². The van der Waals surface area contributed by atoms with Gasteiger partial charge in [0.25, 0.3) is 0 Å². The molecule has 2 nitrogen and oxygen atoms in total. The molecule has 0 aliphatic rings. The Morgan fingerprint density at radius 2 is 2.50 bits per heavy atom. The zero-order chi connectivity index (χ0) is 7.40. The summed E-state index contributed by atoms with van der Waals surface area (Å²) in [4.78, 5) is 0. The Morgan fingerprint density at radius 3 is 3.00 bits per heavy atom. The highest BCUT2D eigenvalue weighted by molar-refractivity contribution is 8.09. The molecule has 0 spiro atoms. The van der Waals surface area contributed by atoms with Crippen molar-refractivity contribution in [2.24, 2.45) is 0 Å². The average Bonchev–Trinajstić information content (AvgIpc) is 2.05. The van der Waals surface area contributed by atoms with Crippen molar-refractivity contribution >= 4 is 24.4 Å².